The third-order valence-electron chi connectivity index (χ3n) is 2.73. The maximum Gasteiger partial charge on any atom is 0.151 e. The summed E-state index contributed by atoms with van der Waals surface area (Å²) in [6.07, 6.45) is 0. The zero-order valence-electron chi connectivity index (χ0n) is 9.24. The summed E-state index contributed by atoms with van der Waals surface area (Å²) in [6, 6.07) is 10.3. The molecule has 0 aliphatic rings. The van der Waals surface area contributed by atoms with Gasteiger partial charge in [-0.2, -0.15) is 0 Å². The molecule has 0 aliphatic carbocycles. The molecule has 0 unspecified atom stereocenters. The molecule has 18 heavy (non-hydrogen) atoms. The van der Waals surface area contributed by atoms with E-state index in [9.17, 15) is 4.39 Å². The van der Waals surface area contributed by atoms with Crippen molar-refractivity contribution in [2.75, 3.05) is 5.73 Å². The molecule has 0 spiro atoms. The third-order valence-corrected chi connectivity index (χ3v) is 3.46. The molecule has 3 rings (SSSR count). The maximum atomic E-state index is 13.5. The number of H-pyrrole nitrogens is 1. The number of hydrogen-bond acceptors (Lipinski definition) is 2. The van der Waals surface area contributed by atoms with Crippen LogP contribution in [0.4, 0.5) is 10.1 Å². The summed E-state index contributed by atoms with van der Waals surface area (Å²) in [5.41, 5.74) is 8.28. The number of aromatic nitrogens is 2. The first-order valence-corrected chi connectivity index (χ1v) is 6.14. The topological polar surface area (TPSA) is 54.7 Å². The Kier molecular flexibility index (Phi) is 2.56. The number of aromatic amines is 1. The van der Waals surface area contributed by atoms with E-state index < -0.39 is 0 Å². The van der Waals surface area contributed by atoms with E-state index in [-0.39, 0.29) is 5.82 Å². The Balaban J connectivity index is 2.19. The normalized spacial score (nSPS) is 11.0. The molecular weight excluding hydrogens is 297 g/mol. The van der Waals surface area contributed by atoms with Crippen LogP contribution in [0.5, 0.6) is 0 Å². The molecule has 3 N–H and O–H groups in total. The molecule has 1 heterocycles. The lowest BCUT2D eigenvalue weighted by atomic mass is 10.2. The van der Waals surface area contributed by atoms with Gasteiger partial charge in [0.15, 0.2) is 5.82 Å². The average Bonchev–Trinajstić information content (AvgIpc) is 2.78. The largest absolute Gasteiger partial charge is 0.398 e. The molecule has 2 aromatic carbocycles. The van der Waals surface area contributed by atoms with Crippen LogP contribution >= 0.6 is 15.9 Å². The number of halogens is 2. The maximum absolute atomic E-state index is 13.5. The molecule has 0 amide bonds. The highest BCUT2D eigenvalue weighted by atomic mass is 79.9. The summed E-state index contributed by atoms with van der Waals surface area (Å²) < 4.78 is 14.4. The van der Waals surface area contributed by atoms with E-state index in [0.29, 0.717) is 22.5 Å². The molecule has 0 fully saturated rings. The van der Waals surface area contributed by atoms with Gasteiger partial charge < -0.3 is 10.7 Å². The second-order valence-corrected chi connectivity index (χ2v) is 4.81. The highest BCUT2D eigenvalue weighted by Gasteiger charge is 2.09. The van der Waals surface area contributed by atoms with Gasteiger partial charge in [0.2, 0.25) is 0 Å². The number of nitrogens with zero attached hydrogens (tertiary/aromatic N) is 1. The summed E-state index contributed by atoms with van der Waals surface area (Å²) >= 11 is 3.33. The van der Waals surface area contributed by atoms with Crippen LogP contribution in [-0.4, -0.2) is 9.97 Å². The fraction of sp³-hybridized carbons (Fsp3) is 0. The first-order valence-electron chi connectivity index (χ1n) is 5.35. The number of benzene rings is 2. The quantitative estimate of drug-likeness (QED) is 0.673. The molecule has 1 aromatic heterocycles. The molecule has 3 aromatic rings. The average molecular weight is 306 g/mol. The van der Waals surface area contributed by atoms with E-state index in [0.717, 1.165) is 10.0 Å². The number of imidazole rings is 1. The highest BCUT2D eigenvalue weighted by molar-refractivity contribution is 9.10. The minimum absolute atomic E-state index is 0.333. The van der Waals surface area contributed by atoms with Gasteiger partial charge in [0.25, 0.3) is 0 Å². The summed E-state index contributed by atoms with van der Waals surface area (Å²) in [5, 5.41) is 0. The minimum Gasteiger partial charge on any atom is -0.398 e. The summed E-state index contributed by atoms with van der Waals surface area (Å²) in [4.78, 5) is 7.33. The molecule has 0 aliphatic heterocycles. The Bertz CT molecular complexity index is 736. The van der Waals surface area contributed by atoms with Crippen LogP contribution in [0.15, 0.2) is 40.9 Å². The zero-order chi connectivity index (χ0) is 12.7. The molecule has 5 heteroatoms. The van der Waals surface area contributed by atoms with Crippen LogP contribution in [0.1, 0.15) is 0 Å². The van der Waals surface area contributed by atoms with E-state index >= 15 is 0 Å². The lowest BCUT2D eigenvalue weighted by Crippen LogP contribution is -1.88. The Morgan fingerprint density at radius 3 is 2.78 bits per heavy atom. The third kappa shape index (κ3) is 1.76. The summed E-state index contributed by atoms with van der Waals surface area (Å²) in [6.45, 7) is 0. The first-order chi connectivity index (χ1) is 8.65. The molecule has 0 bridgehead atoms. The SMILES string of the molecule is Nc1cc(-c2nc3c(F)cccc3[nH]2)ccc1Br. The van der Waals surface area contributed by atoms with Crippen LogP contribution in [0.3, 0.4) is 0 Å². The van der Waals surface area contributed by atoms with Gasteiger partial charge >= 0.3 is 0 Å². The van der Waals surface area contributed by atoms with Crippen molar-refractivity contribution in [2.45, 2.75) is 0 Å². The number of nitrogen functional groups attached to an aromatic ring is 1. The number of nitrogens with one attached hydrogen (secondary N) is 1. The highest BCUT2D eigenvalue weighted by Crippen LogP contribution is 2.27. The Morgan fingerprint density at radius 2 is 2.06 bits per heavy atom. The Labute approximate surface area is 111 Å². The van der Waals surface area contributed by atoms with Crippen LogP contribution in [0, 0.1) is 5.82 Å². The number of hydrogen-bond donors (Lipinski definition) is 2. The fourth-order valence-corrected chi connectivity index (χ4v) is 2.07. The molecule has 0 radical (unpaired) electrons. The predicted molar refractivity (Wildman–Crippen MR) is 73.6 cm³/mol. The lowest BCUT2D eigenvalue weighted by molar-refractivity contribution is 0.637. The van der Waals surface area contributed by atoms with E-state index in [1.54, 1.807) is 18.2 Å². The van der Waals surface area contributed by atoms with Gasteiger partial charge in [0.1, 0.15) is 11.3 Å². The van der Waals surface area contributed by atoms with Gasteiger partial charge in [-0.1, -0.05) is 6.07 Å². The zero-order valence-corrected chi connectivity index (χ0v) is 10.8. The second kappa shape index (κ2) is 4.10. The Morgan fingerprint density at radius 1 is 1.22 bits per heavy atom. The first kappa shape index (κ1) is 11.2. The van der Waals surface area contributed by atoms with Crippen molar-refractivity contribution in [1.82, 2.24) is 9.97 Å². The van der Waals surface area contributed by atoms with Crippen molar-refractivity contribution in [2.24, 2.45) is 0 Å². The smallest absolute Gasteiger partial charge is 0.151 e. The van der Waals surface area contributed by atoms with Crippen molar-refractivity contribution in [3.05, 3.63) is 46.7 Å². The van der Waals surface area contributed by atoms with E-state index in [1.165, 1.54) is 6.07 Å². The molecule has 0 saturated heterocycles. The van der Waals surface area contributed by atoms with Crippen LogP contribution < -0.4 is 5.73 Å². The number of nitrogens with two attached hydrogens (primary N) is 1. The molecule has 90 valence electrons. The van der Waals surface area contributed by atoms with Crippen LogP contribution in [0.2, 0.25) is 0 Å². The monoisotopic (exact) mass is 305 g/mol. The second-order valence-electron chi connectivity index (χ2n) is 3.96. The van der Waals surface area contributed by atoms with Gasteiger partial charge in [-0.05, 0) is 46.3 Å². The number of fused-ring (bicyclic) bond motifs is 1. The number of anilines is 1. The summed E-state index contributed by atoms with van der Waals surface area (Å²) in [5.74, 6) is 0.273. The van der Waals surface area contributed by atoms with Crippen LogP contribution in [0.25, 0.3) is 22.4 Å². The molecule has 0 atom stereocenters. The van der Waals surface area contributed by atoms with Crippen molar-refractivity contribution in [3.8, 4) is 11.4 Å². The van der Waals surface area contributed by atoms with Crippen molar-refractivity contribution in [1.29, 1.82) is 0 Å². The van der Waals surface area contributed by atoms with E-state index in [1.807, 2.05) is 12.1 Å². The van der Waals surface area contributed by atoms with E-state index in [4.69, 9.17) is 5.73 Å². The summed E-state index contributed by atoms with van der Waals surface area (Å²) in [7, 11) is 0. The van der Waals surface area contributed by atoms with Crippen molar-refractivity contribution < 1.29 is 4.39 Å². The van der Waals surface area contributed by atoms with Gasteiger partial charge in [0.05, 0.1) is 5.52 Å². The van der Waals surface area contributed by atoms with Gasteiger partial charge in [-0.15, -0.1) is 0 Å². The molecule has 0 saturated carbocycles. The fourth-order valence-electron chi connectivity index (χ4n) is 1.82. The van der Waals surface area contributed by atoms with Crippen LogP contribution in [-0.2, 0) is 0 Å². The predicted octanol–water partition coefficient (Wildman–Crippen LogP) is 3.71. The Hall–Kier alpha value is -1.88. The van der Waals surface area contributed by atoms with Crippen molar-refractivity contribution in [3.63, 3.8) is 0 Å². The van der Waals surface area contributed by atoms with Crippen molar-refractivity contribution >= 4 is 32.7 Å². The molecular formula is C13H9BrFN3. The molecule has 3 nitrogen and oxygen atoms in total. The number of rotatable bonds is 1. The van der Waals surface area contributed by atoms with Gasteiger partial charge in [0, 0.05) is 15.7 Å². The lowest BCUT2D eigenvalue weighted by Gasteiger charge is -2.00. The van der Waals surface area contributed by atoms with E-state index in [2.05, 4.69) is 25.9 Å². The van der Waals surface area contributed by atoms with Gasteiger partial charge in [-0.25, -0.2) is 9.37 Å². The number of para-hydroxylation sites is 1. The van der Waals surface area contributed by atoms with Gasteiger partial charge in [-0.3, -0.25) is 0 Å². The minimum atomic E-state index is -0.333. The standard InChI is InChI=1S/C13H9BrFN3/c14-8-5-4-7(6-10(8)16)13-17-11-3-1-2-9(15)12(11)18-13/h1-6H,16H2,(H,17,18).